The Bertz CT molecular complexity index is 1080. The first-order valence-electron chi connectivity index (χ1n) is 10.1. The minimum Gasteiger partial charge on any atom is -0.497 e. The van der Waals surface area contributed by atoms with Gasteiger partial charge in [0.2, 0.25) is 5.78 Å². The second kappa shape index (κ2) is 9.70. The van der Waals surface area contributed by atoms with Gasteiger partial charge < -0.3 is 18.8 Å². The number of carbonyl (C=O) groups is 2. The zero-order valence-electron chi connectivity index (χ0n) is 18.5. The summed E-state index contributed by atoms with van der Waals surface area (Å²) in [6.45, 7) is 1.66. The maximum Gasteiger partial charge on any atom is 0.309 e. The Hall–Kier alpha value is -2.92. The van der Waals surface area contributed by atoms with E-state index in [9.17, 15) is 18.0 Å². The Labute approximate surface area is 187 Å². The molecule has 1 aliphatic rings. The quantitative estimate of drug-likeness (QED) is 0.426. The molecule has 174 valence electrons. The van der Waals surface area contributed by atoms with Gasteiger partial charge in [-0.15, -0.1) is 0 Å². The van der Waals surface area contributed by atoms with E-state index in [1.807, 2.05) is 0 Å². The standard InChI is InChI=1S/C21H27N3O7S/c1-14-22-20(12-23(14)2)32(27,28)24-9-7-15(8-10-24)21(26)31-13-18(25)17-6-5-16(29-3)11-19(17)30-4/h5-6,11-12,15H,7-10,13H2,1-4H3. The van der Waals surface area contributed by atoms with E-state index >= 15 is 0 Å². The third kappa shape index (κ3) is 4.94. The third-order valence-corrected chi connectivity index (χ3v) is 7.30. The van der Waals surface area contributed by atoms with Gasteiger partial charge in [0.25, 0.3) is 10.0 Å². The van der Waals surface area contributed by atoms with E-state index in [-0.39, 0.29) is 23.7 Å². The number of carbonyl (C=O) groups excluding carboxylic acids is 2. The minimum absolute atomic E-state index is 0.00226. The van der Waals surface area contributed by atoms with E-state index in [1.54, 1.807) is 36.7 Å². The van der Waals surface area contributed by atoms with E-state index in [0.29, 0.717) is 30.2 Å². The van der Waals surface area contributed by atoms with Crippen LogP contribution in [-0.2, 0) is 26.6 Å². The SMILES string of the molecule is COc1ccc(C(=O)COC(=O)C2CCN(S(=O)(=O)c3cn(C)c(C)n3)CC2)c(OC)c1. The molecule has 1 aliphatic heterocycles. The molecule has 0 saturated carbocycles. The number of aromatic nitrogens is 2. The number of piperidine rings is 1. The second-order valence-corrected chi connectivity index (χ2v) is 9.40. The van der Waals surface area contributed by atoms with Gasteiger partial charge in [-0.25, -0.2) is 13.4 Å². The molecule has 1 fully saturated rings. The van der Waals surface area contributed by atoms with Crippen molar-refractivity contribution in [3.63, 3.8) is 0 Å². The van der Waals surface area contributed by atoms with Crippen molar-refractivity contribution in [2.45, 2.75) is 24.8 Å². The van der Waals surface area contributed by atoms with Crippen LogP contribution in [0.25, 0.3) is 0 Å². The van der Waals surface area contributed by atoms with Crippen molar-refractivity contribution in [3.05, 3.63) is 35.8 Å². The van der Waals surface area contributed by atoms with E-state index in [4.69, 9.17) is 14.2 Å². The van der Waals surface area contributed by atoms with Gasteiger partial charge in [0.1, 0.15) is 17.3 Å². The highest BCUT2D eigenvalue weighted by molar-refractivity contribution is 7.89. The van der Waals surface area contributed by atoms with Crippen molar-refractivity contribution >= 4 is 21.8 Å². The highest BCUT2D eigenvalue weighted by atomic mass is 32.2. The number of nitrogens with zero attached hydrogens (tertiary/aromatic N) is 3. The van der Waals surface area contributed by atoms with Gasteiger partial charge in [-0.3, -0.25) is 9.59 Å². The van der Waals surface area contributed by atoms with Crippen molar-refractivity contribution in [2.24, 2.45) is 13.0 Å². The lowest BCUT2D eigenvalue weighted by Crippen LogP contribution is -2.41. The summed E-state index contributed by atoms with van der Waals surface area (Å²) >= 11 is 0. The van der Waals surface area contributed by atoms with E-state index in [0.717, 1.165) is 0 Å². The fourth-order valence-corrected chi connectivity index (χ4v) is 4.97. The normalized spacial score (nSPS) is 15.4. The van der Waals surface area contributed by atoms with Gasteiger partial charge in [-0.2, -0.15) is 4.31 Å². The molecule has 1 saturated heterocycles. The van der Waals surface area contributed by atoms with Gasteiger partial charge >= 0.3 is 5.97 Å². The molecule has 0 atom stereocenters. The van der Waals surface area contributed by atoms with E-state index in [1.165, 1.54) is 24.7 Å². The lowest BCUT2D eigenvalue weighted by molar-refractivity contribution is -0.148. The Morgan fingerprint density at radius 1 is 1.16 bits per heavy atom. The first kappa shape index (κ1) is 23.7. The van der Waals surface area contributed by atoms with Gasteiger partial charge in [-0.1, -0.05) is 0 Å². The van der Waals surface area contributed by atoms with Crippen molar-refractivity contribution in [1.82, 2.24) is 13.9 Å². The Morgan fingerprint density at radius 3 is 2.41 bits per heavy atom. The summed E-state index contributed by atoms with van der Waals surface area (Å²) in [5.74, 6) is 0.0734. The van der Waals surface area contributed by atoms with Gasteiger partial charge in [0, 0.05) is 32.4 Å². The first-order chi connectivity index (χ1) is 15.2. The lowest BCUT2D eigenvalue weighted by atomic mass is 9.98. The Morgan fingerprint density at radius 2 is 1.84 bits per heavy atom. The van der Waals surface area contributed by atoms with Crippen LogP contribution < -0.4 is 9.47 Å². The number of sulfonamides is 1. The second-order valence-electron chi connectivity index (χ2n) is 7.51. The molecule has 0 N–H and O–H groups in total. The van der Waals surface area contributed by atoms with E-state index < -0.39 is 34.3 Å². The molecule has 0 bridgehead atoms. The predicted octanol–water partition coefficient (Wildman–Crippen LogP) is 1.57. The predicted molar refractivity (Wildman–Crippen MR) is 114 cm³/mol. The Balaban J connectivity index is 1.55. The number of esters is 1. The lowest BCUT2D eigenvalue weighted by Gasteiger charge is -2.29. The minimum atomic E-state index is -3.72. The molecule has 11 heteroatoms. The van der Waals surface area contributed by atoms with Crippen molar-refractivity contribution in [1.29, 1.82) is 0 Å². The molecular formula is C21H27N3O7S. The number of rotatable bonds is 8. The maximum absolute atomic E-state index is 12.8. The number of hydrogen-bond donors (Lipinski definition) is 0. The zero-order chi connectivity index (χ0) is 23.5. The molecule has 0 aliphatic carbocycles. The van der Waals surface area contributed by atoms with Crippen LogP contribution in [0.2, 0.25) is 0 Å². The fourth-order valence-electron chi connectivity index (χ4n) is 3.48. The van der Waals surface area contributed by atoms with Crippen LogP contribution in [0.4, 0.5) is 0 Å². The summed E-state index contributed by atoms with van der Waals surface area (Å²) in [6.07, 6.45) is 2.10. The molecule has 32 heavy (non-hydrogen) atoms. The number of methoxy groups -OCH3 is 2. The van der Waals surface area contributed by atoms with Crippen LogP contribution in [0.15, 0.2) is 29.4 Å². The average molecular weight is 466 g/mol. The molecule has 3 rings (SSSR count). The average Bonchev–Trinajstić information content (AvgIpc) is 3.15. The summed E-state index contributed by atoms with van der Waals surface area (Å²) in [7, 11) is 0.954. The van der Waals surface area contributed by atoms with Gasteiger partial charge in [-0.05, 0) is 31.9 Å². The van der Waals surface area contributed by atoms with Crippen molar-refractivity contribution in [2.75, 3.05) is 33.9 Å². The maximum atomic E-state index is 12.8. The van der Waals surface area contributed by atoms with Crippen LogP contribution in [0.5, 0.6) is 11.5 Å². The summed E-state index contributed by atoms with van der Waals surface area (Å²) < 4.78 is 44.1. The van der Waals surface area contributed by atoms with Gasteiger partial charge in [0.15, 0.2) is 11.6 Å². The van der Waals surface area contributed by atoms with Crippen molar-refractivity contribution < 1.29 is 32.2 Å². The zero-order valence-corrected chi connectivity index (χ0v) is 19.3. The third-order valence-electron chi connectivity index (χ3n) is 5.53. The molecule has 2 heterocycles. The molecule has 0 unspecified atom stereocenters. The first-order valence-corrected chi connectivity index (χ1v) is 11.5. The summed E-state index contributed by atoms with van der Waals surface area (Å²) in [6, 6.07) is 4.75. The monoisotopic (exact) mass is 465 g/mol. The summed E-state index contributed by atoms with van der Waals surface area (Å²) in [5, 5.41) is -0.00226. The van der Waals surface area contributed by atoms with Crippen LogP contribution in [0.1, 0.15) is 29.0 Å². The molecule has 0 amide bonds. The highest BCUT2D eigenvalue weighted by Gasteiger charge is 2.34. The smallest absolute Gasteiger partial charge is 0.309 e. The largest absolute Gasteiger partial charge is 0.497 e. The number of ketones is 1. The Kier molecular flexibility index (Phi) is 7.19. The summed E-state index contributed by atoms with van der Waals surface area (Å²) in [4.78, 5) is 29.0. The molecule has 10 nitrogen and oxygen atoms in total. The van der Waals surface area contributed by atoms with Crippen molar-refractivity contribution in [3.8, 4) is 11.5 Å². The van der Waals surface area contributed by atoms with Crippen LogP contribution in [-0.4, -0.2) is 67.9 Å². The number of hydrogen-bond acceptors (Lipinski definition) is 8. The van der Waals surface area contributed by atoms with E-state index in [2.05, 4.69) is 4.98 Å². The van der Waals surface area contributed by atoms with Crippen LogP contribution in [0, 0.1) is 12.8 Å². The molecular weight excluding hydrogens is 438 g/mol. The number of imidazole rings is 1. The fraction of sp³-hybridized carbons (Fsp3) is 0.476. The van der Waals surface area contributed by atoms with Gasteiger partial charge in [0.05, 0.1) is 25.7 Å². The number of ether oxygens (including phenoxy) is 3. The topological polar surface area (TPSA) is 117 Å². The summed E-state index contributed by atoms with van der Waals surface area (Å²) in [5.41, 5.74) is 0.285. The molecule has 1 aromatic heterocycles. The molecule has 2 aromatic rings. The van der Waals surface area contributed by atoms with Crippen LogP contribution in [0.3, 0.4) is 0 Å². The molecule has 0 spiro atoms. The highest BCUT2D eigenvalue weighted by Crippen LogP contribution is 2.26. The van der Waals surface area contributed by atoms with Crippen LogP contribution >= 0.6 is 0 Å². The number of aryl methyl sites for hydroxylation is 2. The number of Topliss-reactive ketones (excluding diaryl/α,β-unsaturated/α-hetero) is 1. The molecule has 0 radical (unpaired) electrons. The number of benzene rings is 1. The molecule has 1 aromatic carbocycles.